The first-order valence-corrected chi connectivity index (χ1v) is 7.40. The van der Waals surface area contributed by atoms with Gasteiger partial charge in [0.15, 0.2) is 11.8 Å². The quantitative estimate of drug-likeness (QED) is 0.285. The molecule has 0 aliphatic carbocycles. The lowest BCUT2D eigenvalue weighted by Gasteiger charge is -2.11. The number of nitrogens with one attached hydrogen (secondary N) is 2. The molecule has 0 aliphatic rings. The van der Waals surface area contributed by atoms with Gasteiger partial charge >= 0.3 is 6.03 Å². The summed E-state index contributed by atoms with van der Waals surface area (Å²) in [7, 11) is 0. The molecule has 1 atom stereocenters. The van der Waals surface area contributed by atoms with E-state index >= 15 is 0 Å². The van der Waals surface area contributed by atoms with Crippen molar-refractivity contribution < 1.29 is 19.2 Å². The highest BCUT2D eigenvalue weighted by Gasteiger charge is 2.25. The van der Waals surface area contributed by atoms with Crippen molar-refractivity contribution in [2.75, 3.05) is 0 Å². The van der Waals surface area contributed by atoms with E-state index in [2.05, 4.69) is 15.1 Å². The number of rotatable bonds is 5. The molecule has 5 N–H and O–H groups in total. The summed E-state index contributed by atoms with van der Waals surface area (Å²) >= 11 is 0. The molecule has 2 aromatic heterocycles. The van der Waals surface area contributed by atoms with Crippen LogP contribution in [0.5, 0.6) is 0 Å². The Morgan fingerprint density at radius 3 is 2.85 bits per heavy atom. The van der Waals surface area contributed by atoms with E-state index in [0.29, 0.717) is 0 Å². The number of nitro benzene ring substituents is 1. The smallest absolute Gasteiger partial charge is 0.332 e. The maximum atomic E-state index is 12.4. The summed E-state index contributed by atoms with van der Waals surface area (Å²) in [6.07, 6.45) is -0.231. The van der Waals surface area contributed by atoms with Crippen LogP contribution in [0.25, 0.3) is 11.0 Å². The number of aromatic nitrogens is 2. The van der Waals surface area contributed by atoms with Crippen LogP contribution < -0.4 is 16.7 Å². The Kier molecular flexibility index (Phi) is 4.64. The van der Waals surface area contributed by atoms with Gasteiger partial charge in [0.05, 0.1) is 22.2 Å². The molecule has 0 unspecified atom stereocenters. The lowest BCUT2D eigenvalue weighted by Crippen LogP contribution is -2.31. The lowest BCUT2D eigenvalue weighted by molar-refractivity contribution is -0.384. The first-order chi connectivity index (χ1) is 12.9. The van der Waals surface area contributed by atoms with Crippen LogP contribution in [0, 0.1) is 10.1 Å². The third kappa shape index (κ3) is 3.64. The largest absolute Gasteiger partial charge is 0.466 e. The molecule has 12 heteroatoms. The monoisotopic (exact) mass is 372 g/mol. The number of nitrogens with two attached hydrogens (primary N) is 1. The summed E-state index contributed by atoms with van der Waals surface area (Å²) in [5.74, 6) is 0.0463. The Labute approximate surface area is 149 Å². The van der Waals surface area contributed by atoms with Gasteiger partial charge in [0.25, 0.3) is 11.2 Å². The molecule has 0 saturated heterocycles. The van der Waals surface area contributed by atoms with Crippen LogP contribution in [-0.4, -0.2) is 31.7 Å². The van der Waals surface area contributed by atoms with Gasteiger partial charge in [-0.1, -0.05) is 0 Å². The minimum atomic E-state index is -1.53. The zero-order valence-electron chi connectivity index (χ0n) is 13.4. The topological polar surface area (TPSA) is 190 Å². The maximum absolute atomic E-state index is 12.4. The molecule has 0 radical (unpaired) electrons. The molecule has 0 aliphatic heterocycles. The number of aromatic amines is 1. The summed E-state index contributed by atoms with van der Waals surface area (Å²) < 4.78 is 5.08. The minimum Gasteiger partial charge on any atom is -0.466 e. The number of urea groups is 1. The molecular weight excluding hydrogens is 360 g/mol. The Balaban J connectivity index is 2.15. The number of amides is 2. The highest BCUT2D eigenvalue weighted by molar-refractivity contribution is 6.03. The molecule has 1 aromatic carbocycles. The molecular formula is C15H12N6O6. The normalized spacial score (nSPS) is 12.7. The molecule has 0 bridgehead atoms. The van der Waals surface area contributed by atoms with E-state index in [9.17, 15) is 24.8 Å². The first-order valence-electron chi connectivity index (χ1n) is 7.40. The van der Waals surface area contributed by atoms with Gasteiger partial charge in [-0.2, -0.15) is 5.10 Å². The lowest BCUT2D eigenvalue weighted by atomic mass is 10.1. The number of aliphatic hydroxyl groups excluding tert-OH is 1. The van der Waals surface area contributed by atoms with Gasteiger partial charge in [-0.15, -0.1) is 0 Å². The molecule has 2 amide bonds. The zero-order valence-corrected chi connectivity index (χ0v) is 13.4. The van der Waals surface area contributed by atoms with Crippen molar-refractivity contribution in [1.29, 1.82) is 0 Å². The number of hydrazone groups is 1. The standard InChI is InChI=1S/C15H12N6O6/c16-15(24)20-19-11(13(22)10-2-1-5-27-10)12-14(23)18-9-6-7(21(25)26)3-4-8(9)17-12/h1-6,13,22H,(H,18,23)(H3,16,20,24)/b19-11+/t13-/m1/s1. The fourth-order valence-corrected chi connectivity index (χ4v) is 2.30. The van der Waals surface area contributed by atoms with Gasteiger partial charge in [0, 0.05) is 12.1 Å². The van der Waals surface area contributed by atoms with E-state index in [4.69, 9.17) is 10.2 Å². The van der Waals surface area contributed by atoms with E-state index in [0.717, 1.165) is 6.07 Å². The van der Waals surface area contributed by atoms with Crippen molar-refractivity contribution in [3.05, 3.63) is 68.5 Å². The maximum Gasteiger partial charge on any atom is 0.332 e. The second-order valence-electron chi connectivity index (χ2n) is 5.26. The predicted octanol–water partition coefficient (Wildman–Crippen LogP) is 0.530. The average molecular weight is 372 g/mol. The summed E-state index contributed by atoms with van der Waals surface area (Å²) in [4.78, 5) is 40.2. The third-order valence-corrected chi connectivity index (χ3v) is 3.49. The number of hydrogen-bond donors (Lipinski definition) is 4. The number of benzene rings is 1. The van der Waals surface area contributed by atoms with Crippen LogP contribution in [0.1, 0.15) is 17.6 Å². The Morgan fingerprint density at radius 1 is 1.44 bits per heavy atom. The second-order valence-corrected chi connectivity index (χ2v) is 5.26. The molecule has 3 rings (SSSR count). The van der Waals surface area contributed by atoms with Crippen molar-refractivity contribution in [3.8, 4) is 0 Å². The SMILES string of the molecule is NC(=O)N/N=C(\c1nc2ccc([N+](=O)[O-])cc2[nH]c1=O)[C@H](O)c1ccco1. The Morgan fingerprint density at radius 2 is 2.22 bits per heavy atom. The van der Waals surface area contributed by atoms with Gasteiger partial charge < -0.3 is 20.2 Å². The second kappa shape index (κ2) is 7.05. The first kappa shape index (κ1) is 17.8. The minimum absolute atomic E-state index is 0.0463. The number of primary amides is 1. The third-order valence-electron chi connectivity index (χ3n) is 3.49. The van der Waals surface area contributed by atoms with Crippen molar-refractivity contribution in [1.82, 2.24) is 15.4 Å². The fraction of sp³-hybridized carbons (Fsp3) is 0.0667. The number of carbonyl (C=O) groups excluding carboxylic acids is 1. The number of nitro groups is 1. The van der Waals surface area contributed by atoms with E-state index in [1.165, 1.54) is 30.5 Å². The highest BCUT2D eigenvalue weighted by atomic mass is 16.6. The number of nitrogens with zero attached hydrogens (tertiary/aromatic N) is 3. The predicted molar refractivity (Wildman–Crippen MR) is 91.9 cm³/mol. The van der Waals surface area contributed by atoms with Crippen LogP contribution in [0.3, 0.4) is 0 Å². The van der Waals surface area contributed by atoms with Gasteiger partial charge in [-0.25, -0.2) is 15.2 Å². The van der Waals surface area contributed by atoms with Crippen LogP contribution in [-0.2, 0) is 0 Å². The highest BCUT2D eigenvalue weighted by Crippen LogP contribution is 2.20. The number of non-ortho nitro benzene ring substituents is 1. The number of fused-ring (bicyclic) bond motifs is 1. The molecule has 12 nitrogen and oxygen atoms in total. The van der Waals surface area contributed by atoms with E-state index in [1.807, 2.05) is 5.43 Å². The molecule has 3 aromatic rings. The molecule has 27 heavy (non-hydrogen) atoms. The summed E-state index contributed by atoms with van der Waals surface area (Å²) in [5.41, 5.74) is 5.55. The van der Waals surface area contributed by atoms with Gasteiger partial charge in [0.1, 0.15) is 11.5 Å². The Hall–Kier alpha value is -4.06. The van der Waals surface area contributed by atoms with Crippen molar-refractivity contribution in [2.45, 2.75) is 6.10 Å². The zero-order chi connectivity index (χ0) is 19.6. The number of aliphatic hydroxyl groups is 1. The number of carbonyl (C=O) groups is 1. The van der Waals surface area contributed by atoms with Crippen LogP contribution in [0.15, 0.2) is 50.9 Å². The molecule has 0 spiro atoms. The van der Waals surface area contributed by atoms with Crippen molar-refractivity contribution in [2.24, 2.45) is 10.8 Å². The van der Waals surface area contributed by atoms with Crippen LogP contribution in [0.2, 0.25) is 0 Å². The van der Waals surface area contributed by atoms with Crippen molar-refractivity contribution >= 4 is 28.5 Å². The van der Waals surface area contributed by atoms with Gasteiger partial charge in [0.2, 0.25) is 0 Å². The van der Waals surface area contributed by atoms with Crippen LogP contribution in [0.4, 0.5) is 10.5 Å². The van der Waals surface area contributed by atoms with Gasteiger partial charge in [-0.3, -0.25) is 14.9 Å². The molecule has 138 valence electrons. The number of furan rings is 1. The van der Waals surface area contributed by atoms with Crippen LogP contribution >= 0.6 is 0 Å². The molecule has 0 fully saturated rings. The summed E-state index contributed by atoms with van der Waals surface area (Å²) in [6.45, 7) is 0. The van der Waals surface area contributed by atoms with E-state index in [-0.39, 0.29) is 33.9 Å². The van der Waals surface area contributed by atoms with Crippen molar-refractivity contribution in [3.63, 3.8) is 0 Å². The fourth-order valence-electron chi connectivity index (χ4n) is 2.30. The molecule has 2 heterocycles. The molecule has 0 saturated carbocycles. The number of H-pyrrole nitrogens is 1. The average Bonchev–Trinajstić information content (AvgIpc) is 3.15. The summed E-state index contributed by atoms with van der Waals surface area (Å²) in [6, 6.07) is 5.60. The van der Waals surface area contributed by atoms with E-state index < -0.39 is 22.6 Å². The number of hydrogen-bond acceptors (Lipinski definition) is 8. The van der Waals surface area contributed by atoms with E-state index in [1.54, 1.807) is 0 Å². The summed E-state index contributed by atoms with van der Waals surface area (Å²) in [5, 5.41) is 25.0. The van der Waals surface area contributed by atoms with Gasteiger partial charge in [-0.05, 0) is 18.2 Å². The Bertz CT molecular complexity index is 1100.